The van der Waals surface area contributed by atoms with Gasteiger partial charge in [-0.05, 0) is 25.1 Å². The third-order valence-electron chi connectivity index (χ3n) is 3.64. The van der Waals surface area contributed by atoms with Crippen molar-refractivity contribution in [1.82, 2.24) is 4.72 Å². The van der Waals surface area contributed by atoms with Crippen molar-refractivity contribution in [2.24, 2.45) is 0 Å². The van der Waals surface area contributed by atoms with Crippen LogP contribution in [0.1, 0.15) is 5.56 Å². The normalized spacial score (nSPS) is 13.7. The number of ether oxygens (including phenoxy) is 1. The highest BCUT2D eigenvalue weighted by atomic mass is 35.5. The van der Waals surface area contributed by atoms with E-state index in [1.54, 1.807) is 11.8 Å². The molecule has 1 aliphatic rings. The highest BCUT2D eigenvalue weighted by Crippen LogP contribution is 2.35. The van der Waals surface area contributed by atoms with E-state index in [0.29, 0.717) is 11.4 Å². The number of nitrogens with one attached hydrogen (secondary N) is 2. The van der Waals surface area contributed by atoms with Crippen LogP contribution in [0.5, 0.6) is 5.75 Å². The Hall–Kier alpha value is -1.74. The largest absolute Gasteiger partial charge is 0.482 e. The van der Waals surface area contributed by atoms with Gasteiger partial charge in [-0.3, -0.25) is 4.79 Å². The van der Waals surface area contributed by atoms with Gasteiger partial charge in [-0.2, -0.15) is 0 Å². The lowest BCUT2D eigenvalue weighted by Gasteiger charge is -2.19. The second kappa shape index (κ2) is 7.87. The molecule has 9 heteroatoms. The fraction of sp³-hybridized carbons (Fsp3) is 0.235. The first kappa shape index (κ1) is 19.0. The Morgan fingerprint density at radius 1 is 1.27 bits per heavy atom. The van der Waals surface area contributed by atoms with E-state index in [2.05, 4.69) is 10.0 Å². The number of anilines is 1. The summed E-state index contributed by atoms with van der Waals surface area (Å²) in [5.41, 5.74) is 1.54. The van der Waals surface area contributed by atoms with Crippen LogP contribution in [-0.2, 0) is 14.8 Å². The molecule has 2 aromatic carbocycles. The molecule has 2 aromatic rings. The molecule has 0 bridgehead atoms. The Morgan fingerprint density at radius 3 is 2.73 bits per heavy atom. The van der Waals surface area contributed by atoms with Gasteiger partial charge >= 0.3 is 0 Å². The molecule has 1 heterocycles. The van der Waals surface area contributed by atoms with E-state index in [4.69, 9.17) is 16.3 Å². The first-order valence-electron chi connectivity index (χ1n) is 7.80. The van der Waals surface area contributed by atoms with Crippen molar-refractivity contribution in [3.8, 4) is 5.75 Å². The van der Waals surface area contributed by atoms with Gasteiger partial charge in [0.15, 0.2) is 6.61 Å². The SMILES string of the molecule is Cc1ccc(SCCNS(=O)(=O)c2cc3c(cc2Cl)NC(=O)CO3)cc1. The number of rotatable bonds is 6. The first-order chi connectivity index (χ1) is 12.3. The Balaban J connectivity index is 1.64. The Bertz CT molecular complexity index is 931. The second-order valence-corrected chi connectivity index (χ2v) is 8.99. The molecule has 0 aliphatic carbocycles. The highest BCUT2D eigenvalue weighted by Gasteiger charge is 2.24. The zero-order valence-electron chi connectivity index (χ0n) is 13.9. The Morgan fingerprint density at radius 2 is 2.00 bits per heavy atom. The van der Waals surface area contributed by atoms with Crippen molar-refractivity contribution < 1.29 is 17.9 Å². The van der Waals surface area contributed by atoms with Gasteiger partial charge in [-0.15, -0.1) is 11.8 Å². The molecule has 0 saturated heterocycles. The van der Waals surface area contributed by atoms with Crippen LogP contribution in [0.25, 0.3) is 0 Å². The summed E-state index contributed by atoms with van der Waals surface area (Å²) >= 11 is 7.65. The van der Waals surface area contributed by atoms with Crippen molar-refractivity contribution >= 4 is 45.0 Å². The molecule has 0 spiro atoms. The van der Waals surface area contributed by atoms with Crippen LogP contribution in [0.4, 0.5) is 5.69 Å². The van der Waals surface area contributed by atoms with Crippen LogP contribution < -0.4 is 14.8 Å². The molecular weight excluding hydrogens is 396 g/mol. The molecule has 138 valence electrons. The van der Waals surface area contributed by atoms with E-state index in [9.17, 15) is 13.2 Å². The maximum Gasteiger partial charge on any atom is 0.262 e. The number of aryl methyl sites for hydroxylation is 1. The third-order valence-corrected chi connectivity index (χ3v) is 6.58. The number of fused-ring (bicyclic) bond motifs is 1. The summed E-state index contributed by atoms with van der Waals surface area (Å²) in [6, 6.07) is 10.7. The van der Waals surface area contributed by atoms with E-state index in [-0.39, 0.29) is 34.7 Å². The van der Waals surface area contributed by atoms with Gasteiger partial charge in [-0.1, -0.05) is 29.3 Å². The predicted molar refractivity (Wildman–Crippen MR) is 103 cm³/mol. The number of halogens is 1. The number of sulfonamides is 1. The summed E-state index contributed by atoms with van der Waals surface area (Å²) in [5.74, 6) is 0.552. The van der Waals surface area contributed by atoms with Crippen LogP contribution in [0.15, 0.2) is 46.2 Å². The smallest absolute Gasteiger partial charge is 0.262 e. The van der Waals surface area contributed by atoms with Crippen LogP contribution in [0.3, 0.4) is 0 Å². The van der Waals surface area contributed by atoms with Gasteiger partial charge in [0.25, 0.3) is 5.91 Å². The molecule has 0 saturated carbocycles. The van der Waals surface area contributed by atoms with E-state index >= 15 is 0 Å². The van der Waals surface area contributed by atoms with Crippen molar-refractivity contribution in [3.05, 3.63) is 47.0 Å². The van der Waals surface area contributed by atoms with E-state index < -0.39 is 10.0 Å². The van der Waals surface area contributed by atoms with Gasteiger partial charge in [0, 0.05) is 23.3 Å². The summed E-state index contributed by atoms with van der Waals surface area (Å²) < 4.78 is 32.8. The monoisotopic (exact) mass is 412 g/mol. The molecule has 2 N–H and O–H groups in total. The third kappa shape index (κ3) is 4.50. The lowest BCUT2D eigenvalue weighted by atomic mass is 10.2. The molecule has 3 rings (SSSR count). The molecule has 26 heavy (non-hydrogen) atoms. The summed E-state index contributed by atoms with van der Waals surface area (Å²) in [5, 5.41) is 2.61. The average molecular weight is 413 g/mol. The fourth-order valence-electron chi connectivity index (χ4n) is 2.34. The standard InChI is InChI=1S/C17H17ClN2O4S2/c1-11-2-4-12(5-3-11)25-7-6-19-26(22,23)16-9-15-14(8-13(16)18)20-17(21)10-24-15/h2-5,8-9,19H,6-7,10H2,1H3,(H,20,21). The Labute approximate surface area is 161 Å². The zero-order valence-corrected chi connectivity index (χ0v) is 16.3. The van der Waals surface area contributed by atoms with Crippen molar-refractivity contribution in [2.45, 2.75) is 16.7 Å². The molecular formula is C17H17ClN2O4S2. The zero-order chi connectivity index (χ0) is 18.7. The number of hydrogen-bond donors (Lipinski definition) is 2. The fourth-order valence-corrected chi connectivity index (χ4v) is 4.81. The second-order valence-electron chi connectivity index (χ2n) is 5.67. The number of amides is 1. The lowest BCUT2D eigenvalue weighted by Crippen LogP contribution is -2.28. The minimum Gasteiger partial charge on any atom is -0.482 e. The molecule has 0 unspecified atom stereocenters. The molecule has 0 fully saturated rings. The number of benzene rings is 2. The van der Waals surface area contributed by atoms with Crippen LogP contribution >= 0.6 is 23.4 Å². The summed E-state index contributed by atoms with van der Waals surface area (Å²) in [4.78, 5) is 12.3. The van der Waals surface area contributed by atoms with Crippen LogP contribution in [0, 0.1) is 6.92 Å². The van der Waals surface area contributed by atoms with Gasteiger partial charge in [0.05, 0.1) is 10.7 Å². The first-order valence-corrected chi connectivity index (χ1v) is 10.7. The maximum absolute atomic E-state index is 12.5. The molecule has 0 atom stereocenters. The highest BCUT2D eigenvalue weighted by molar-refractivity contribution is 7.99. The number of carbonyl (C=O) groups excluding carboxylic acids is 1. The summed E-state index contributed by atoms with van der Waals surface area (Å²) in [6.07, 6.45) is 0. The molecule has 0 aromatic heterocycles. The molecule has 1 aliphatic heterocycles. The summed E-state index contributed by atoms with van der Waals surface area (Å²) in [6.45, 7) is 2.11. The number of hydrogen-bond acceptors (Lipinski definition) is 5. The van der Waals surface area contributed by atoms with Gasteiger partial charge < -0.3 is 10.1 Å². The van der Waals surface area contributed by atoms with E-state index in [0.717, 1.165) is 4.90 Å². The predicted octanol–water partition coefficient (Wildman–Crippen LogP) is 3.05. The Kier molecular flexibility index (Phi) is 5.76. The number of carbonyl (C=O) groups is 1. The van der Waals surface area contributed by atoms with E-state index in [1.807, 2.05) is 31.2 Å². The number of thioether (sulfide) groups is 1. The average Bonchev–Trinajstić information content (AvgIpc) is 2.59. The lowest BCUT2D eigenvalue weighted by molar-refractivity contribution is -0.118. The van der Waals surface area contributed by atoms with E-state index in [1.165, 1.54) is 17.7 Å². The maximum atomic E-state index is 12.5. The van der Waals surface area contributed by atoms with Gasteiger partial charge in [0.1, 0.15) is 10.6 Å². The molecule has 0 radical (unpaired) electrons. The topological polar surface area (TPSA) is 84.5 Å². The van der Waals surface area contributed by atoms with Crippen LogP contribution in [-0.4, -0.2) is 33.2 Å². The van der Waals surface area contributed by atoms with Crippen molar-refractivity contribution in [2.75, 3.05) is 24.2 Å². The quantitative estimate of drug-likeness (QED) is 0.562. The van der Waals surface area contributed by atoms with Crippen molar-refractivity contribution in [1.29, 1.82) is 0 Å². The summed E-state index contributed by atoms with van der Waals surface area (Å²) in [7, 11) is -3.79. The minimum absolute atomic E-state index is 0.0215. The van der Waals surface area contributed by atoms with Gasteiger partial charge in [-0.25, -0.2) is 13.1 Å². The molecule has 1 amide bonds. The van der Waals surface area contributed by atoms with Gasteiger partial charge in [0.2, 0.25) is 10.0 Å². The van der Waals surface area contributed by atoms with Crippen molar-refractivity contribution in [3.63, 3.8) is 0 Å². The minimum atomic E-state index is -3.79. The van der Waals surface area contributed by atoms with Crippen LogP contribution in [0.2, 0.25) is 5.02 Å². The molecule has 6 nitrogen and oxygen atoms in total.